The van der Waals surface area contributed by atoms with Crippen molar-refractivity contribution < 1.29 is 13.5 Å². The number of fused-ring (bicyclic) bond motifs is 1. The van der Waals surface area contributed by atoms with Crippen molar-refractivity contribution in [2.75, 3.05) is 23.9 Å². The molecule has 1 aromatic carbocycles. The zero-order chi connectivity index (χ0) is 14.2. The topological polar surface area (TPSA) is 54.4 Å². The van der Waals surface area contributed by atoms with Crippen molar-refractivity contribution in [2.24, 2.45) is 11.8 Å². The molecule has 0 radical (unpaired) electrons. The molecule has 110 valence electrons. The highest BCUT2D eigenvalue weighted by atomic mass is 32.2. The fourth-order valence-electron chi connectivity index (χ4n) is 3.40. The first-order valence-corrected chi connectivity index (χ1v) is 9.93. The molecule has 2 aliphatic rings. The van der Waals surface area contributed by atoms with E-state index in [1.165, 1.54) is 10.5 Å². The van der Waals surface area contributed by atoms with Crippen LogP contribution in [0.5, 0.6) is 0 Å². The minimum absolute atomic E-state index is 0.101. The monoisotopic (exact) mass is 312 g/mol. The van der Waals surface area contributed by atoms with Crippen LogP contribution in [0.1, 0.15) is 24.3 Å². The fourth-order valence-corrected chi connectivity index (χ4v) is 6.59. The van der Waals surface area contributed by atoms with Gasteiger partial charge in [-0.05, 0) is 42.2 Å². The minimum Gasteiger partial charge on any atom is -0.396 e. The lowest BCUT2D eigenvalue weighted by atomic mass is 9.83. The first-order chi connectivity index (χ1) is 9.59. The van der Waals surface area contributed by atoms with Crippen molar-refractivity contribution in [3.63, 3.8) is 0 Å². The molecular formula is C15H20O3S2. The lowest BCUT2D eigenvalue weighted by Gasteiger charge is -2.23. The number of thioether (sulfide) groups is 1. The molecule has 3 unspecified atom stereocenters. The highest BCUT2D eigenvalue weighted by Gasteiger charge is 2.35. The highest BCUT2D eigenvalue weighted by molar-refractivity contribution is 7.99. The maximum Gasteiger partial charge on any atom is 0.150 e. The SMILES string of the molecule is O=S1(=O)CCC(C(CO)CC2CSc3ccccc32)C1. The Bertz CT molecular complexity index is 583. The van der Waals surface area contributed by atoms with Crippen molar-refractivity contribution in [3.8, 4) is 0 Å². The molecule has 1 saturated heterocycles. The van der Waals surface area contributed by atoms with Crippen molar-refractivity contribution in [1.29, 1.82) is 0 Å². The lowest BCUT2D eigenvalue weighted by molar-refractivity contribution is 0.170. The molecule has 3 atom stereocenters. The van der Waals surface area contributed by atoms with Gasteiger partial charge in [-0.1, -0.05) is 18.2 Å². The van der Waals surface area contributed by atoms with E-state index < -0.39 is 9.84 Å². The molecule has 2 heterocycles. The lowest BCUT2D eigenvalue weighted by Crippen LogP contribution is -2.22. The number of aliphatic hydroxyl groups excluding tert-OH is 1. The molecule has 2 aliphatic heterocycles. The molecule has 5 heteroatoms. The van der Waals surface area contributed by atoms with Gasteiger partial charge in [0, 0.05) is 17.3 Å². The van der Waals surface area contributed by atoms with E-state index in [-0.39, 0.29) is 24.2 Å². The van der Waals surface area contributed by atoms with Gasteiger partial charge in [-0.15, -0.1) is 11.8 Å². The Hall–Kier alpha value is -0.520. The molecule has 0 saturated carbocycles. The van der Waals surface area contributed by atoms with Gasteiger partial charge in [0.15, 0.2) is 9.84 Å². The summed E-state index contributed by atoms with van der Waals surface area (Å²) in [4.78, 5) is 1.34. The zero-order valence-electron chi connectivity index (χ0n) is 11.4. The Labute approximate surface area is 124 Å². The number of hydrogen-bond donors (Lipinski definition) is 1. The van der Waals surface area contributed by atoms with Crippen LogP contribution in [0.4, 0.5) is 0 Å². The zero-order valence-corrected chi connectivity index (χ0v) is 13.0. The highest BCUT2D eigenvalue weighted by Crippen LogP contribution is 2.44. The van der Waals surface area contributed by atoms with Crippen molar-refractivity contribution in [2.45, 2.75) is 23.7 Å². The van der Waals surface area contributed by atoms with Crippen LogP contribution < -0.4 is 0 Å². The first-order valence-electron chi connectivity index (χ1n) is 7.12. The second kappa shape index (κ2) is 5.70. The van der Waals surface area contributed by atoms with Gasteiger partial charge in [-0.25, -0.2) is 8.42 Å². The Morgan fingerprint density at radius 2 is 2.15 bits per heavy atom. The Morgan fingerprint density at radius 1 is 1.35 bits per heavy atom. The summed E-state index contributed by atoms with van der Waals surface area (Å²) >= 11 is 1.87. The molecule has 0 aliphatic carbocycles. The number of benzene rings is 1. The van der Waals surface area contributed by atoms with E-state index in [1.807, 2.05) is 11.8 Å². The molecular weight excluding hydrogens is 292 g/mol. The molecule has 20 heavy (non-hydrogen) atoms. The van der Waals surface area contributed by atoms with Crippen molar-refractivity contribution in [3.05, 3.63) is 29.8 Å². The molecule has 0 amide bonds. The molecule has 1 N–H and O–H groups in total. The van der Waals surface area contributed by atoms with Gasteiger partial charge in [0.1, 0.15) is 0 Å². The maximum atomic E-state index is 11.6. The average Bonchev–Trinajstić information content (AvgIpc) is 2.99. The average molecular weight is 312 g/mol. The van der Waals surface area contributed by atoms with Crippen LogP contribution in [0.25, 0.3) is 0 Å². The fraction of sp³-hybridized carbons (Fsp3) is 0.600. The third-order valence-electron chi connectivity index (χ3n) is 4.55. The number of rotatable bonds is 4. The van der Waals surface area contributed by atoms with Crippen LogP contribution >= 0.6 is 11.8 Å². The maximum absolute atomic E-state index is 11.6. The van der Waals surface area contributed by atoms with Crippen molar-refractivity contribution in [1.82, 2.24) is 0 Å². The molecule has 0 aromatic heterocycles. The van der Waals surface area contributed by atoms with E-state index in [0.717, 1.165) is 18.6 Å². The van der Waals surface area contributed by atoms with Gasteiger partial charge in [0.05, 0.1) is 11.5 Å². The van der Waals surface area contributed by atoms with E-state index in [2.05, 4.69) is 24.3 Å². The van der Waals surface area contributed by atoms with Gasteiger partial charge in [0.25, 0.3) is 0 Å². The van der Waals surface area contributed by atoms with Crippen LogP contribution in [0.15, 0.2) is 29.2 Å². The summed E-state index contributed by atoms with van der Waals surface area (Å²) in [7, 11) is -2.86. The van der Waals surface area contributed by atoms with E-state index >= 15 is 0 Å². The summed E-state index contributed by atoms with van der Waals surface area (Å²) in [5.41, 5.74) is 1.37. The quantitative estimate of drug-likeness (QED) is 0.927. The molecule has 1 aromatic rings. The van der Waals surface area contributed by atoms with Crippen LogP contribution in [0.2, 0.25) is 0 Å². The largest absolute Gasteiger partial charge is 0.396 e. The third kappa shape index (κ3) is 2.90. The van der Waals surface area contributed by atoms with Gasteiger partial charge < -0.3 is 5.11 Å². The molecule has 0 bridgehead atoms. The summed E-state index contributed by atoms with van der Waals surface area (Å²) in [6.45, 7) is 0.101. The van der Waals surface area contributed by atoms with Crippen LogP contribution in [0.3, 0.4) is 0 Å². The van der Waals surface area contributed by atoms with Crippen LogP contribution in [-0.2, 0) is 9.84 Å². The molecule has 3 rings (SSSR count). The first kappa shape index (κ1) is 14.4. The summed E-state index contributed by atoms with van der Waals surface area (Å²) in [6.07, 6.45) is 1.62. The number of aliphatic hydroxyl groups is 1. The summed E-state index contributed by atoms with van der Waals surface area (Å²) < 4.78 is 23.2. The molecule has 1 fully saturated rings. The number of hydrogen-bond acceptors (Lipinski definition) is 4. The van der Waals surface area contributed by atoms with E-state index in [4.69, 9.17) is 0 Å². The van der Waals surface area contributed by atoms with Gasteiger partial charge in [-0.3, -0.25) is 0 Å². The van der Waals surface area contributed by atoms with Gasteiger partial charge >= 0.3 is 0 Å². The summed E-state index contributed by atoms with van der Waals surface area (Å²) in [6, 6.07) is 8.43. The van der Waals surface area contributed by atoms with E-state index in [0.29, 0.717) is 11.7 Å². The Balaban J connectivity index is 1.71. The standard InChI is InChI=1S/C15H20O3S2/c16-8-12(11-5-6-20(17,18)10-11)7-13-9-19-15-4-2-1-3-14(13)15/h1-4,11-13,16H,5-10H2. The van der Waals surface area contributed by atoms with E-state index in [1.54, 1.807) is 0 Å². The number of sulfone groups is 1. The Kier molecular flexibility index (Phi) is 4.11. The third-order valence-corrected chi connectivity index (χ3v) is 7.60. The van der Waals surface area contributed by atoms with Gasteiger partial charge in [-0.2, -0.15) is 0 Å². The summed E-state index contributed by atoms with van der Waals surface area (Å²) in [5, 5.41) is 9.66. The summed E-state index contributed by atoms with van der Waals surface area (Å²) in [5.74, 6) is 2.32. The Morgan fingerprint density at radius 3 is 2.85 bits per heavy atom. The van der Waals surface area contributed by atoms with Crippen LogP contribution in [0, 0.1) is 11.8 Å². The molecule has 3 nitrogen and oxygen atoms in total. The normalized spacial score (nSPS) is 29.2. The molecule has 0 spiro atoms. The second-order valence-electron chi connectivity index (χ2n) is 5.89. The predicted octanol–water partition coefficient (Wildman–Crippen LogP) is 2.31. The smallest absolute Gasteiger partial charge is 0.150 e. The predicted molar refractivity (Wildman–Crippen MR) is 81.9 cm³/mol. The van der Waals surface area contributed by atoms with Crippen molar-refractivity contribution >= 4 is 21.6 Å². The minimum atomic E-state index is -2.86. The second-order valence-corrected chi connectivity index (χ2v) is 9.18. The van der Waals surface area contributed by atoms with Gasteiger partial charge in [0.2, 0.25) is 0 Å². The van der Waals surface area contributed by atoms with Crippen LogP contribution in [-0.4, -0.2) is 37.4 Å². The van der Waals surface area contributed by atoms with E-state index in [9.17, 15) is 13.5 Å².